The van der Waals surface area contributed by atoms with Gasteiger partial charge >= 0.3 is 0 Å². The normalized spacial score (nSPS) is 19.3. The standard InChI is InChI=1S/C21H31N9O/c1-14-11-28(12-15(2)30(14)16(3)31)20-10-19(8-9-25-20)29(13-22)27-21(24)26-18-6-4-17(23)5-7-18/h4-10,14-15H,11-13,22-23H2,1-3H3,(H3,24,26,27). The molecule has 10 nitrogen and oxygen atoms in total. The van der Waals surface area contributed by atoms with Crippen molar-refractivity contribution in [3.05, 3.63) is 42.6 Å². The lowest BCUT2D eigenvalue weighted by molar-refractivity contribution is -0.133. The van der Waals surface area contributed by atoms with Crippen molar-refractivity contribution < 1.29 is 4.79 Å². The van der Waals surface area contributed by atoms with Gasteiger partial charge in [0.25, 0.3) is 0 Å². The van der Waals surface area contributed by atoms with E-state index in [1.807, 2.05) is 17.0 Å². The van der Waals surface area contributed by atoms with Crippen molar-refractivity contribution in [2.75, 3.05) is 35.4 Å². The quantitative estimate of drug-likeness (QED) is 0.183. The van der Waals surface area contributed by atoms with Crippen molar-refractivity contribution in [3.8, 4) is 0 Å². The molecule has 0 bridgehead atoms. The molecule has 3 rings (SSSR count). The molecule has 1 fully saturated rings. The summed E-state index contributed by atoms with van der Waals surface area (Å²) < 4.78 is 0. The molecule has 1 aliphatic heterocycles. The number of piperazine rings is 1. The highest BCUT2D eigenvalue weighted by Crippen LogP contribution is 2.24. The second kappa shape index (κ2) is 9.52. The molecule has 0 spiro atoms. The van der Waals surface area contributed by atoms with Gasteiger partial charge in [-0.15, -0.1) is 0 Å². The minimum Gasteiger partial charge on any atom is -0.399 e. The van der Waals surface area contributed by atoms with Gasteiger partial charge in [0.15, 0.2) is 0 Å². The average molecular weight is 426 g/mol. The van der Waals surface area contributed by atoms with Crippen LogP contribution in [0.15, 0.2) is 47.6 Å². The fourth-order valence-electron chi connectivity index (χ4n) is 3.95. The number of benzene rings is 1. The third-order valence-corrected chi connectivity index (χ3v) is 5.22. The molecule has 1 saturated heterocycles. The SMILES string of the molecule is CC(=O)N1C(C)CN(c2cc(N(CN)NC(N)=Nc3ccc(N)cc3)ccn2)CC1C. The number of aliphatic imine (C=N–C) groups is 1. The van der Waals surface area contributed by atoms with Crippen LogP contribution in [0.1, 0.15) is 20.8 Å². The highest BCUT2D eigenvalue weighted by Gasteiger charge is 2.31. The number of carbonyl (C=O) groups is 1. The number of nitrogens with one attached hydrogen (secondary N) is 1. The Morgan fingerprint density at radius 3 is 2.45 bits per heavy atom. The van der Waals surface area contributed by atoms with E-state index in [0.29, 0.717) is 24.5 Å². The Balaban J connectivity index is 1.74. The lowest BCUT2D eigenvalue weighted by Gasteiger charge is -2.44. The number of hydrogen-bond donors (Lipinski definition) is 4. The summed E-state index contributed by atoms with van der Waals surface area (Å²) in [6.07, 6.45) is 1.73. The Kier molecular flexibility index (Phi) is 6.81. The second-order valence-corrected chi connectivity index (χ2v) is 7.71. The number of aromatic nitrogens is 1. The van der Waals surface area contributed by atoms with Crippen LogP contribution < -0.4 is 32.5 Å². The zero-order valence-electron chi connectivity index (χ0n) is 18.2. The van der Waals surface area contributed by atoms with Gasteiger partial charge in [0, 0.05) is 50.0 Å². The van der Waals surface area contributed by atoms with Gasteiger partial charge in [-0.05, 0) is 44.2 Å². The van der Waals surface area contributed by atoms with Crippen molar-refractivity contribution >= 4 is 34.7 Å². The van der Waals surface area contributed by atoms with E-state index in [1.54, 1.807) is 42.4 Å². The van der Waals surface area contributed by atoms with Crippen LogP contribution in [0.5, 0.6) is 0 Å². The van der Waals surface area contributed by atoms with Crippen molar-refractivity contribution in [2.45, 2.75) is 32.9 Å². The Morgan fingerprint density at radius 1 is 1.23 bits per heavy atom. The third kappa shape index (κ3) is 5.34. The molecule has 1 aromatic carbocycles. The van der Waals surface area contributed by atoms with Crippen molar-refractivity contribution in [1.29, 1.82) is 0 Å². The second-order valence-electron chi connectivity index (χ2n) is 7.71. The topological polar surface area (TPSA) is 142 Å². The fraction of sp³-hybridized carbons (Fsp3) is 0.381. The average Bonchev–Trinajstić information content (AvgIpc) is 2.73. The van der Waals surface area contributed by atoms with Crippen molar-refractivity contribution in [2.24, 2.45) is 16.5 Å². The summed E-state index contributed by atoms with van der Waals surface area (Å²) in [5, 5.41) is 1.69. The Bertz CT molecular complexity index is 919. The zero-order valence-corrected chi connectivity index (χ0v) is 18.2. The molecule has 1 aromatic heterocycles. The highest BCUT2D eigenvalue weighted by molar-refractivity contribution is 5.82. The first-order chi connectivity index (χ1) is 14.8. The molecular formula is C21H31N9O. The van der Waals surface area contributed by atoms with E-state index < -0.39 is 0 Å². The summed E-state index contributed by atoms with van der Waals surface area (Å²) in [6, 6.07) is 11.1. The van der Waals surface area contributed by atoms with Crippen LogP contribution in [0.25, 0.3) is 0 Å². The van der Waals surface area contributed by atoms with Crippen LogP contribution in [0.4, 0.5) is 22.9 Å². The number of hydrazine groups is 1. The van der Waals surface area contributed by atoms with Gasteiger partial charge in [0.2, 0.25) is 11.9 Å². The number of hydrogen-bond acceptors (Lipinski definition) is 7. The van der Waals surface area contributed by atoms with Crippen molar-refractivity contribution in [3.63, 3.8) is 0 Å². The van der Waals surface area contributed by atoms with E-state index in [1.165, 1.54) is 0 Å². The smallest absolute Gasteiger partial charge is 0.220 e. The molecular weight excluding hydrogens is 394 g/mol. The summed E-state index contributed by atoms with van der Waals surface area (Å²) in [5.74, 6) is 1.11. The minimum atomic E-state index is 0.0933. The van der Waals surface area contributed by atoms with E-state index in [0.717, 1.165) is 11.5 Å². The molecule has 0 radical (unpaired) electrons. The molecule has 0 aliphatic carbocycles. The lowest BCUT2D eigenvalue weighted by atomic mass is 10.1. The number of guanidine groups is 1. The summed E-state index contributed by atoms with van der Waals surface area (Å²) in [5.41, 5.74) is 22.9. The Hall–Kier alpha value is -3.53. The molecule has 2 heterocycles. The number of anilines is 3. The fourth-order valence-corrected chi connectivity index (χ4v) is 3.95. The van der Waals surface area contributed by atoms with Crippen LogP contribution in [0.2, 0.25) is 0 Å². The van der Waals surface area contributed by atoms with Gasteiger partial charge in [-0.25, -0.2) is 9.98 Å². The van der Waals surface area contributed by atoms with Crippen LogP contribution in [-0.2, 0) is 4.79 Å². The van der Waals surface area contributed by atoms with Gasteiger partial charge in [0.05, 0.1) is 18.0 Å². The van der Waals surface area contributed by atoms with E-state index in [-0.39, 0.29) is 30.6 Å². The maximum Gasteiger partial charge on any atom is 0.220 e. The minimum absolute atomic E-state index is 0.0933. The lowest BCUT2D eigenvalue weighted by Crippen LogP contribution is -2.58. The number of nitrogens with zero attached hydrogens (tertiary/aromatic N) is 5. The Morgan fingerprint density at radius 2 is 1.87 bits per heavy atom. The highest BCUT2D eigenvalue weighted by atomic mass is 16.2. The van der Waals surface area contributed by atoms with E-state index in [4.69, 9.17) is 17.2 Å². The maximum atomic E-state index is 11.9. The first-order valence-electron chi connectivity index (χ1n) is 10.2. The van der Waals surface area contributed by atoms with E-state index in [9.17, 15) is 4.79 Å². The molecule has 2 unspecified atom stereocenters. The zero-order chi connectivity index (χ0) is 22.5. The van der Waals surface area contributed by atoms with Gasteiger partial charge in [-0.1, -0.05) is 0 Å². The third-order valence-electron chi connectivity index (χ3n) is 5.22. The summed E-state index contributed by atoms with van der Waals surface area (Å²) in [7, 11) is 0. The van der Waals surface area contributed by atoms with Gasteiger partial charge in [0.1, 0.15) is 5.82 Å². The van der Waals surface area contributed by atoms with Gasteiger partial charge in [-0.2, -0.15) is 0 Å². The van der Waals surface area contributed by atoms with Crippen LogP contribution >= 0.6 is 0 Å². The molecule has 0 saturated carbocycles. The summed E-state index contributed by atoms with van der Waals surface area (Å²) >= 11 is 0. The number of carbonyl (C=O) groups excluding carboxylic acids is 1. The van der Waals surface area contributed by atoms with E-state index in [2.05, 4.69) is 34.1 Å². The molecule has 2 aromatic rings. The van der Waals surface area contributed by atoms with Crippen molar-refractivity contribution in [1.82, 2.24) is 15.3 Å². The van der Waals surface area contributed by atoms with Crippen LogP contribution in [0, 0.1) is 0 Å². The number of rotatable bonds is 5. The van der Waals surface area contributed by atoms with Crippen LogP contribution in [-0.4, -0.2) is 53.6 Å². The molecule has 1 amide bonds. The summed E-state index contributed by atoms with van der Waals surface area (Å²) in [4.78, 5) is 24.9. The first-order valence-corrected chi connectivity index (χ1v) is 10.2. The number of amides is 1. The Labute approximate surface area is 182 Å². The van der Waals surface area contributed by atoms with Crippen LogP contribution in [0.3, 0.4) is 0 Å². The monoisotopic (exact) mass is 425 g/mol. The predicted molar refractivity (Wildman–Crippen MR) is 125 cm³/mol. The summed E-state index contributed by atoms with van der Waals surface area (Å²) in [6.45, 7) is 7.30. The molecule has 1 aliphatic rings. The molecule has 7 N–H and O–H groups in total. The molecule has 166 valence electrons. The molecule has 31 heavy (non-hydrogen) atoms. The first kappa shape index (κ1) is 22.2. The predicted octanol–water partition coefficient (Wildman–Crippen LogP) is 0.983. The molecule has 10 heteroatoms. The van der Waals surface area contributed by atoms with E-state index >= 15 is 0 Å². The number of nitrogens with two attached hydrogens (primary N) is 3. The van der Waals surface area contributed by atoms with Gasteiger partial charge < -0.3 is 27.0 Å². The maximum absolute atomic E-state index is 11.9. The number of nitrogen functional groups attached to an aromatic ring is 1. The van der Waals surface area contributed by atoms with Gasteiger partial charge in [-0.3, -0.25) is 15.2 Å². The molecule has 2 atom stereocenters. The number of pyridine rings is 1. The largest absolute Gasteiger partial charge is 0.399 e.